The summed E-state index contributed by atoms with van der Waals surface area (Å²) >= 11 is 0. The number of ether oxygens (including phenoxy) is 8. The van der Waals surface area contributed by atoms with Crippen molar-refractivity contribution in [2.24, 2.45) is 0 Å². The Balaban J connectivity index is 1.35. The predicted molar refractivity (Wildman–Crippen MR) is 183 cm³/mol. The molecule has 1 aromatic heterocycles. The van der Waals surface area contributed by atoms with Crippen LogP contribution < -0.4 is 24.4 Å². The van der Waals surface area contributed by atoms with Gasteiger partial charge in [0.15, 0.2) is 23.5 Å². The number of hydrogen-bond acceptors (Lipinski definition) is 21. The fourth-order valence-corrected chi connectivity index (χ4v) is 6.51. The standard InChI is InChI=1S/C35H44O21/c1-11-21(38)25(42)29(46)34(51-11)52-13-7-14(37)20-17(8-13)53-31(12-4-5-15(48-2)16(6-12)49-3)32(24(20)41)56-35-30(47)27(44)23(40)19(55-35)10-50-33-28(45)26(43)22(39)18(9-36)54-33/h4-8,11,18-19,21-23,25-30,33-40,42-47H,9-10H2,1-3H3/t11-,18+,19+,21-,22+,23+,25+,26-,27-,28+,29+,30+,33+,34-,35-/m0/s1. The molecule has 0 aliphatic carbocycles. The third-order valence-electron chi connectivity index (χ3n) is 9.79. The van der Waals surface area contributed by atoms with Gasteiger partial charge in [-0.05, 0) is 25.1 Å². The molecule has 56 heavy (non-hydrogen) atoms. The largest absolute Gasteiger partial charge is 0.507 e. The number of fused-ring (bicyclic) bond motifs is 1. The molecule has 6 rings (SSSR count). The SMILES string of the molecule is COc1ccc(-c2oc3cc(O[C@@H]4O[C@@H](C)[C@H](O)[C@@H](O)[C@H]4O)cc(O)c3c(=O)c2O[C@@H]2O[C@H](CO[C@@H]3O[C@H](CO)[C@@H](O)[C@H](O)[C@H]3O)[C@@H](O)[C@H](O)[C@H]2O)cc1OC. The summed E-state index contributed by atoms with van der Waals surface area (Å²) in [6.07, 6.45) is -24.9. The summed E-state index contributed by atoms with van der Waals surface area (Å²) < 4.78 is 50.4. The Morgan fingerprint density at radius 3 is 1.89 bits per heavy atom. The number of aliphatic hydroxyl groups is 10. The van der Waals surface area contributed by atoms with E-state index in [4.69, 9.17) is 42.3 Å². The van der Waals surface area contributed by atoms with E-state index in [2.05, 4.69) is 0 Å². The lowest BCUT2D eigenvalue weighted by Gasteiger charge is -2.42. The van der Waals surface area contributed by atoms with E-state index in [9.17, 15) is 61.0 Å². The summed E-state index contributed by atoms with van der Waals surface area (Å²) in [5.41, 5.74) is -1.22. The lowest BCUT2D eigenvalue weighted by atomic mass is 9.98. The average Bonchev–Trinajstić information content (AvgIpc) is 3.18. The fraction of sp³-hybridized carbons (Fsp3) is 0.571. The first kappa shape index (κ1) is 41.7. The number of phenols is 1. The van der Waals surface area contributed by atoms with Gasteiger partial charge in [-0.25, -0.2) is 0 Å². The third-order valence-corrected chi connectivity index (χ3v) is 9.79. The third kappa shape index (κ3) is 7.84. The fourth-order valence-electron chi connectivity index (χ4n) is 6.51. The second-order valence-electron chi connectivity index (χ2n) is 13.4. The van der Waals surface area contributed by atoms with E-state index in [1.54, 1.807) is 0 Å². The molecule has 3 aliphatic heterocycles. The van der Waals surface area contributed by atoms with Gasteiger partial charge in [0, 0.05) is 17.7 Å². The molecular formula is C35H44O21. The summed E-state index contributed by atoms with van der Waals surface area (Å²) in [5, 5.41) is 114. The number of rotatable bonds is 11. The van der Waals surface area contributed by atoms with Crippen LogP contribution in [0.15, 0.2) is 39.5 Å². The molecule has 0 saturated carbocycles. The van der Waals surface area contributed by atoms with Gasteiger partial charge in [0.2, 0.25) is 23.8 Å². The maximum absolute atomic E-state index is 14.2. The Bertz CT molecular complexity index is 1890. The van der Waals surface area contributed by atoms with Crippen LogP contribution in [0.3, 0.4) is 0 Å². The van der Waals surface area contributed by atoms with E-state index in [0.717, 1.165) is 6.07 Å². The number of benzene rings is 2. The highest BCUT2D eigenvalue weighted by molar-refractivity contribution is 5.88. The summed E-state index contributed by atoms with van der Waals surface area (Å²) in [4.78, 5) is 14.2. The van der Waals surface area contributed by atoms with E-state index in [-0.39, 0.29) is 34.2 Å². The Labute approximate surface area is 316 Å². The molecule has 0 radical (unpaired) electrons. The van der Waals surface area contributed by atoms with E-state index >= 15 is 0 Å². The molecule has 21 nitrogen and oxygen atoms in total. The normalized spacial score (nSPS) is 36.3. The van der Waals surface area contributed by atoms with Gasteiger partial charge in [-0.15, -0.1) is 0 Å². The highest BCUT2D eigenvalue weighted by atomic mass is 16.7. The molecule has 3 fully saturated rings. The second kappa shape index (κ2) is 16.9. The molecule has 310 valence electrons. The van der Waals surface area contributed by atoms with Crippen molar-refractivity contribution >= 4 is 11.0 Å². The van der Waals surface area contributed by atoms with Gasteiger partial charge in [-0.2, -0.15) is 0 Å². The Morgan fingerprint density at radius 2 is 1.25 bits per heavy atom. The lowest BCUT2D eigenvalue weighted by Crippen LogP contribution is -2.62. The van der Waals surface area contributed by atoms with Crippen LogP contribution in [-0.4, -0.2) is 176 Å². The van der Waals surface area contributed by atoms with Crippen molar-refractivity contribution in [3.8, 4) is 40.1 Å². The van der Waals surface area contributed by atoms with Crippen LogP contribution in [0.1, 0.15) is 6.92 Å². The summed E-state index contributed by atoms with van der Waals surface area (Å²) in [5.74, 6) is -1.47. The summed E-state index contributed by atoms with van der Waals surface area (Å²) in [7, 11) is 2.74. The van der Waals surface area contributed by atoms with Crippen molar-refractivity contribution in [3.63, 3.8) is 0 Å². The maximum atomic E-state index is 14.2. The summed E-state index contributed by atoms with van der Waals surface area (Å²) in [6, 6.07) is 6.48. The van der Waals surface area contributed by atoms with Gasteiger partial charge < -0.3 is 98.5 Å². The molecule has 4 heterocycles. The van der Waals surface area contributed by atoms with Crippen LogP contribution in [0.5, 0.6) is 28.7 Å². The molecule has 3 aromatic rings. The predicted octanol–water partition coefficient (Wildman–Crippen LogP) is -3.61. The molecule has 3 saturated heterocycles. The molecule has 15 atom stereocenters. The Kier molecular flexibility index (Phi) is 12.6. The van der Waals surface area contributed by atoms with Crippen molar-refractivity contribution in [2.75, 3.05) is 27.4 Å². The van der Waals surface area contributed by atoms with E-state index in [1.165, 1.54) is 45.4 Å². The van der Waals surface area contributed by atoms with E-state index < -0.39 is 128 Å². The lowest BCUT2D eigenvalue weighted by molar-refractivity contribution is -0.323. The van der Waals surface area contributed by atoms with Gasteiger partial charge >= 0.3 is 0 Å². The molecule has 0 amide bonds. The topological polar surface area (TPSA) is 327 Å². The molecule has 11 N–H and O–H groups in total. The quantitative estimate of drug-likeness (QED) is 0.0892. The van der Waals surface area contributed by atoms with E-state index in [1.807, 2.05) is 0 Å². The van der Waals surface area contributed by atoms with Crippen LogP contribution in [0.2, 0.25) is 0 Å². The minimum absolute atomic E-state index is 0.118. The molecule has 0 spiro atoms. The molecule has 2 aromatic carbocycles. The molecule has 0 unspecified atom stereocenters. The van der Waals surface area contributed by atoms with Crippen molar-refractivity contribution in [3.05, 3.63) is 40.6 Å². The van der Waals surface area contributed by atoms with Gasteiger partial charge in [0.1, 0.15) is 89.6 Å². The van der Waals surface area contributed by atoms with Crippen LogP contribution in [0.4, 0.5) is 0 Å². The smallest absolute Gasteiger partial charge is 0.239 e. The zero-order chi connectivity index (χ0) is 40.7. The Hall–Kier alpha value is -3.91. The first-order valence-electron chi connectivity index (χ1n) is 17.3. The van der Waals surface area contributed by atoms with Crippen LogP contribution in [-0.2, 0) is 18.9 Å². The van der Waals surface area contributed by atoms with Crippen molar-refractivity contribution < 1.29 is 98.5 Å². The minimum Gasteiger partial charge on any atom is -0.507 e. The van der Waals surface area contributed by atoms with Crippen molar-refractivity contribution in [1.29, 1.82) is 0 Å². The minimum atomic E-state index is -2.02. The highest BCUT2D eigenvalue weighted by Gasteiger charge is 2.49. The number of aromatic hydroxyl groups is 1. The van der Waals surface area contributed by atoms with Gasteiger partial charge in [-0.1, -0.05) is 0 Å². The molecular weight excluding hydrogens is 756 g/mol. The monoisotopic (exact) mass is 800 g/mol. The first-order valence-corrected chi connectivity index (χ1v) is 17.3. The summed E-state index contributed by atoms with van der Waals surface area (Å²) in [6.45, 7) is -0.00655. The average molecular weight is 801 g/mol. The van der Waals surface area contributed by atoms with Gasteiger partial charge in [0.25, 0.3) is 0 Å². The zero-order valence-electron chi connectivity index (χ0n) is 30.0. The molecule has 0 bridgehead atoms. The zero-order valence-corrected chi connectivity index (χ0v) is 30.0. The van der Waals surface area contributed by atoms with E-state index in [0.29, 0.717) is 0 Å². The van der Waals surface area contributed by atoms with Crippen LogP contribution in [0, 0.1) is 0 Å². The van der Waals surface area contributed by atoms with Gasteiger partial charge in [-0.3, -0.25) is 4.79 Å². The number of aliphatic hydroxyl groups excluding tert-OH is 10. The number of methoxy groups -OCH3 is 2. The number of hydrogen-bond donors (Lipinski definition) is 11. The highest BCUT2D eigenvalue weighted by Crippen LogP contribution is 2.41. The Morgan fingerprint density at radius 1 is 0.661 bits per heavy atom. The van der Waals surface area contributed by atoms with Crippen LogP contribution >= 0.6 is 0 Å². The van der Waals surface area contributed by atoms with Gasteiger partial charge in [0.05, 0.1) is 33.5 Å². The van der Waals surface area contributed by atoms with Crippen molar-refractivity contribution in [1.82, 2.24) is 0 Å². The van der Waals surface area contributed by atoms with Crippen molar-refractivity contribution in [2.45, 2.75) is 99.0 Å². The molecule has 3 aliphatic rings. The van der Waals surface area contributed by atoms with Crippen LogP contribution in [0.25, 0.3) is 22.3 Å². The maximum Gasteiger partial charge on any atom is 0.239 e. The second-order valence-corrected chi connectivity index (χ2v) is 13.4. The molecule has 21 heteroatoms. The number of phenolic OH excluding ortho intramolecular Hbond substituents is 1. The first-order chi connectivity index (χ1) is 26.6.